The molecule has 5 rings (SSSR count). The van der Waals surface area contributed by atoms with E-state index in [2.05, 4.69) is 35.4 Å². The maximum absolute atomic E-state index is 14.2. The van der Waals surface area contributed by atoms with Crippen LogP contribution in [0.25, 0.3) is 0 Å². The number of anilines is 1. The first-order valence-electron chi connectivity index (χ1n) is 13.1. The summed E-state index contributed by atoms with van der Waals surface area (Å²) in [7, 11) is 0. The average Bonchev–Trinajstić information content (AvgIpc) is 2.98. The minimum absolute atomic E-state index is 0.182. The summed E-state index contributed by atoms with van der Waals surface area (Å²) in [5.74, 6) is 0.482. The van der Waals surface area contributed by atoms with Gasteiger partial charge in [0.2, 0.25) is 0 Å². The van der Waals surface area contributed by atoms with Gasteiger partial charge in [0.25, 0.3) is 0 Å². The smallest absolute Gasteiger partial charge is 0.297 e. The zero-order valence-corrected chi connectivity index (χ0v) is 20.3. The minimum Gasteiger partial charge on any atom is -0.297 e. The first-order valence-corrected chi connectivity index (χ1v) is 13.1. The van der Waals surface area contributed by atoms with Crippen molar-refractivity contribution in [1.29, 1.82) is 0 Å². The van der Waals surface area contributed by atoms with Crippen molar-refractivity contribution in [2.75, 3.05) is 18.0 Å². The average molecular weight is 465 g/mol. The number of carbonyl (C=O) groups is 1. The fraction of sp³-hybridized carbons (Fsp3) is 0.571. The van der Waals surface area contributed by atoms with Gasteiger partial charge in [-0.2, -0.15) is 0 Å². The van der Waals surface area contributed by atoms with Crippen molar-refractivity contribution in [3.05, 3.63) is 53.9 Å². The van der Waals surface area contributed by atoms with E-state index in [0.717, 1.165) is 63.9 Å². The number of allylic oxidation sites excluding steroid dienone is 3. The number of benzene rings is 1. The number of nitrogens with one attached hydrogen (secondary N) is 1. The van der Waals surface area contributed by atoms with E-state index in [4.69, 9.17) is 4.99 Å². The van der Waals surface area contributed by atoms with Crippen LogP contribution in [0.1, 0.15) is 71.1 Å². The monoisotopic (exact) mass is 464 g/mol. The Morgan fingerprint density at radius 1 is 1.21 bits per heavy atom. The van der Waals surface area contributed by atoms with E-state index in [0.29, 0.717) is 5.69 Å². The predicted molar refractivity (Wildman–Crippen MR) is 136 cm³/mol. The second-order valence-electron chi connectivity index (χ2n) is 10.4. The molecule has 3 fully saturated rings. The number of aliphatic imine (C=N–C) groups is 1. The molecule has 2 atom stereocenters. The third kappa shape index (κ3) is 4.70. The number of amidine groups is 1. The largest absolute Gasteiger partial charge is 0.328 e. The summed E-state index contributed by atoms with van der Waals surface area (Å²) in [5.41, 5.74) is 1.58. The summed E-state index contributed by atoms with van der Waals surface area (Å²) in [6.07, 6.45) is 17.6. The van der Waals surface area contributed by atoms with Gasteiger partial charge < -0.3 is 0 Å². The lowest BCUT2D eigenvalue weighted by atomic mass is 9.81. The first-order chi connectivity index (χ1) is 16.5. The highest BCUT2D eigenvalue weighted by Gasteiger charge is 2.54. The van der Waals surface area contributed by atoms with Gasteiger partial charge in [0.15, 0.2) is 0 Å². The van der Waals surface area contributed by atoms with E-state index in [1.165, 1.54) is 37.0 Å². The molecule has 2 saturated heterocycles. The van der Waals surface area contributed by atoms with Crippen LogP contribution >= 0.6 is 0 Å². The molecule has 2 amide bonds. The van der Waals surface area contributed by atoms with E-state index in [-0.39, 0.29) is 23.9 Å². The molecule has 0 aromatic heterocycles. The lowest BCUT2D eigenvalue weighted by Crippen LogP contribution is -2.60. The van der Waals surface area contributed by atoms with Gasteiger partial charge >= 0.3 is 6.03 Å². The molecule has 0 radical (unpaired) electrons. The molecule has 1 saturated carbocycles. The number of hydrogen-bond donors (Lipinski definition) is 1. The quantitative estimate of drug-likeness (QED) is 0.558. The summed E-state index contributed by atoms with van der Waals surface area (Å²) in [6.45, 7) is 4.13. The Kier molecular flexibility index (Phi) is 6.87. The molecule has 4 aliphatic rings. The third-order valence-electron chi connectivity index (χ3n) is 8.07. The Balaban J connectivity index is 1.44. The highest BCUT2D eigenvalue weighted by molar-refractivity contribution is 6.19. The maximum atomic E-state index is 14.2. The van der Waals surface area contributed by atoms with Crippen LogP contribution < -0.4 is 10.2 Å². The number of urea groups is 1. The van der Waals surface area contributed by atoms with Gasteiger partial charge in [0.1, 0.15) is 17.2 Å². The van der Waals surface area contributed by atoms with Crippen LogP contribution in [0, 0.1) is 5.82 Å². The number of amides is 2. The van der Waals surface area contributed by atoms with Crippen molar-refractivity contribution < 1.29 is 9.18 Å². The van der Waals surface area contributed by atoms with E-state index < -0.39 is 5.54 Å². The van der Waals surface area contributed by atoms with Gasteiger partial charge in [-0.25, -0.2) is 9.18 Å². The van der Waals surface area contributed by atoms with Crippen LogP contribution in [0.3, 0.4) is 0 Å². The number of nitrogens with zero attached hydrogens (tertiary/aromatic N) is 3. The van der Waals surface area contributed by atoms with Gasteiger partial charge in [-0.15, -0.1) is 0 Å². The van der Waals surface area contributed by atoms with Gasteiger partial charge in [0.05, 0.1) is 6.04 Å². The molecule has 1 spiro atoms. The number of hydrogen-bond acceptors (Lipinski definition) is 3. The van der Waals surface area contributed by atoms with E-state index in [1.807, 2.05) is 6.07 Å². The SMILES string of the molecule is CC1CC2(CCN1CC1=CCC=CCC1)C(=NC1CCCCC1)NC(=O)N2c1cccc(F)c1. The van der Waals surface area contributed by atoms with Crippen molar-refractivity contribution in [3.63, 3.8) is 0 Å². The van der Waals surface area contributed by atoms with Crippen molar-refractivity contribution in [3.8, 4) is 0 Å². The van der Waals surface area contributed by atoms with Gasteiger partial charge in [-0.1, -0.05) is 49.1 Å². The zero-order chi connectivity index (χ0) is 23.5. The predicted octanol–water partition coefficient (Wildman–Crippen LogP) is 5.98. The van der Waals surface area contributed by atoms with Gasteiger partial charge in [-0.3, -0.25) is 20.1 Å². The summed E-state index contributed by atoms with van der Waals surface area (Å²) < 4.78 is 14.2. The normalized spacial score (nSPS) is 30.0. The molecular weight excluding hydrogens is 427 g/mol. The van der Waals surface area contributed by atoms with E-state index in [1.54, 1.807) is 11.0 Å². The van der Waals surface area contributed by atoms with Crippen molar-refractivity contribution in [2.45, 2.75) is 88.8 Å². The summed E-state index contributed by atoms with van der Waals surface area (Å²) in [4.78, 5) is 22.9. The Morgan fingerprint density at radius 3 is 2.85 bits per heavy atom. The van der Waals surface area contributed by atoms with E-state index >= 15 is 0 Å². The molecule has 2 aliphatic carbocycles. The number of likely N-dealkylation sites (tertiary alicyclic amines) is 1. The second-order valence-corrected chi connectivity index (χ2v) is 10.4. The van der Waals surface area contributed by atoms with Crippen LogP contribution in [0.15, 0.2) is 53.1 Å². The molecular formula is C28H37FN4O. The standard InChI is InChI=1S/C28H37FN4O/c1-21-19-28(16-17-32(21)20-22-10-5-2-3-6-11-22)26(30-24-13-7-4-8-14-24)31-27(34)33(28)25-15-9-12-23(29)18-25/h2-3,9-10,12,15,18,21,24H,4-8,11,13-14,16-17,19-20H2,1H3,(H,30,31,34). The Bertz CT molecular complexity index is 996. The molecule has 2 aliphatic heterocycles. The number of piperidine rings is 1. The Morgan fingerprint density at radius 2 is 2.06 bits per heavy atom. The molecule has 6 heteroatoms. The topological polar surface area (TPSA) is 47.9 Å². The first kappa shape index (κ1) is 23.3. The van der Waals surface area contributed by atoms with Crippen molar-refractivity contribution in [1.82, 2.24) is 10.2 Å². The van der Waals surface area contributed by atoms with Crippen molar-refractivity contribution >= 4 is 17.6 Å². The fourth-order valence-corrected chi connectivity index (χ4v) is 6.24. The lowest BCUT2D eigenvalue weighted by molar-refractivity contribution is 0.141. The summed E-state index contributed by atoms with van der Waals surface area (Å²) >= 11 is 0. The maximum Gasteiger partial charge on any atom is 0.328 e. The van der Waals surface area contributed by atoms with Crippen LogP contribution in [-0.4, -0.2) is 47.5 Å². The lowest BCUT2D eigenvalue weighted by Gasteiger charge is -2.47. The summed E-state index contributed by atoms with van der Waals surface area (Å²) in [6, 6.07) is 6.81. The van der Waals surface area contributed by atoms with Crippen LogP contribution in [0.4, 0.5) is 14.9 Å². The molecule has 2 unspecified atom stereocenters. The summed E-state index contributed by atoms with van der Waals surface area (Å²) in [5, 5.41) is 3.13. The Labute approximate surface area is 202 Å². The molecule has 2 heterocycles. The molecule has 1 aromatic carbocycles. The molecule has 0 bridgehead atoms. The molecule has 182 valence electrons. The number of halogens is 1. The molecule has 5 nitrogen and oxygen atoms in total. The molecule has 34 heavy (non-hydrogen) atoms. The zero-order valence-electron chi connectivity index (χ0n) is 20.3. The molecule has 1 N–H and O–H groups in total. The highest BCUT2D eigenvalue weighted by atomic mass is 19.1. The van der Waals surface area contributed by atoms with Crippen molar-refractivity contribution in [2.24, 2.45) is 4.99 Å². The molecule has 1 aromatic rings. The third-order valence-corrected chi connectivity index (χ3v) is 8.07. The van der Waals surface area contributed by atoms with Crippen LogP contribution in [-0.2, 0) is 0 Å². The van der Waals surface area contributed by atoms with Crippen LogP contribution in [0.5, 0.6) is 0 Å². The number of carbonyl (C=O) groups excluding carboxylic acids is 1. The van der Waals surface area contributed by atoms with Crippen LogP contribution in [0.2, 0.25) is 0 Å². The number of rotatable bonds is 4. The van der Waals surface area contributed by atoms with E-state index in [9.17, 15) is 9.18 Å². The minimum atomic E-state index is -0.544. The van der Waals surface area contributed by atoms with Gasteiger partial charge in [-0.05, 0) is 70.1 Å². The fourth-order valence-electron chi connectivity index (χ4n) is 6.24. The van der Waals surface area contributed by atoms with Gasteiger partial charge in [0, 0.05) is 24.8 Å². The highest BCUT2D eigenvalue weighted by Crippen LogP contribution is 2.41. The Hall–Kier alpha value is -2.47. The second kappa shape index (κ2) is 10.0.